The quantitative estimate of drug-likeness (QED) is 0.687. The van der Waals surface area contributed by atoms with Crippen molar-refractivity contribution in [1.29, 1.82) is 0 Å². The van der Waals surface area contributed by atoms with Gasteiger partial charge in [-0.25, -0.2) is 14.2 Å². The second-order valence-corrected chi connectivity index (χ2v) is 10.2. The molecule has 0 radical (unpaired) electrons. The average Bonchev–Trinajstić information content (AvgIpc) is 2.94. The van der Waals surface area contributed by atoms with Gasteiger partial charge in [0.25, 0.3) is 0 Å². The normalized spacial score (nSPS) is 15.9. The molecule has 1 saturated heterocycles. The fourth-order valence-corrected chi connectivity index (χ4v) is 3.72. The van der Waals surface area contributed by atoms with Crippen molar-refractivity contribution in [2.75, 3.05) is 26.2 Å². The highest BCUT2D eigenvalue weighted by Crippen LogP contribution is 2.24. The van der Waals surface area contributed by atoms with Gasteiger partial charge in [0, 0.05) is 43.8 Å². The molecule has 2 heterocycles. The molecule has 0 atom stereocenters. The fourth-order valence-electron chi connectivity index (χ4n) is 3.72. The summed E-state index contributed by atoms with van der Waals surface area (Å²) in [5, 5.41) is 1.02. The Balaban J connectivity index is 1.65. The van der Waals surface area contributed by atoms with Crippen molar-refractivity contribution in [3.63, 3.8) is 0 Å². The van der Waals surface area contributed by atoms with Crippen molar-refractivity contribution in [2.24, 2.45) is 0 Å². The minimum absolute atomic E-state index is 0.243. The van der Waals surface area contributed by atoms with Crippen LogP contribution in [-0.4, -0.2) is 63.9 Å². The molecule has 3 rings (SSSR count). The number of carbonyl (C=O) groups excluding carboxylic acids is 2. The third kappa shape index (κ3) is 6.00. The number of rotatable bonds is 2. The molecule has 0 unspecified atom stereocenters. The third-order valence-corrected chi connectivity index (χ3v) is 5.06. The van der Waals surface area contributed by atoms with Crippen LogP contribution in [0.15, 0.2) is 24.3 Å². The number of aromatic nitrogens is 1. The summed E-state index contributed by atoms with van der Waals surface area (Å²) >= 11 is 0. The zero-order valence-corrected chi connectivity index (χ0v) is 19.8. The third-order valence-electron chi connectivity index (χ3n) is 5.06. The van der Waals surface area contributed by atoms with Gasteiger partial charge in [0.15, 0.2) is 0 Å². The van der Waals surface area contributed by atoms with Gasteiger partial charge in [0.1, 0.15) is 11.2 Å². The van der Waals surface area contributed by atoms with Crippen molar-refractivity contribution in [1.82, 2.24) is 14.4 Å². The van der Waals surface area contributed by atoms with Crippen LogP contribution in [0.4, 0.5) is 9.59 Å². The van der Waals surface area contributed by atoms with Crippen molar-refractivity contribution in [3.8, 4) is 0 Å². The van der Waals surface area contributed by atoms with Gasteiger partial charge >= 0.3 is 12.2 Å². The van der Waals surface area contributed by atoms with E-state index in [9.17, 15) is 9.59 Å². The molecular formula is C24H35N3O4. The Morgan fingerprint density at radius 2 is 1.45 bits per heavy atom. The topological polar surface area (TPSA) is 64.0 Å². The predicted molar refractivity (Wildman–Crippen MR) is 121 cm³/mol. The summed E-state index contributed by atoms with van der Waals surface area (Å²) < 4.78 is 12.7. The minimum atomic E-state index is -0.540. The van der Waals surface area contributed by atoms with E-state index in [1.807, 2.05) is 60.6 Å². The van der Waals surface area contributed by atoms with E-state index >= 15 is 0 Å². The molecule has 0 aliphatic carbocycles. The lowest BCUT2D eigenvalue weighted by Crippen LogP contribution is -2.49. The lowest BCUT2D eigenvalue weighted by Gasteiger charge is -2.35. The summed E-state index contributed by atoms with van der Waals surface area (Å²) in [6.07, 6.45) is -0.599. The maximum atomic E-state index is 12.6. The Kier molecular flexibility index (Phi) is 6.37. The van der Waals surface area contributed by atoms with E-state index in [0.717, 1.165) is 36.2 Å². The molecule has 0 spiro atoms. The van der Waals surface area contributed by atoms with Crippen molar-refractivity contribution < 1.29 is 19.1 Å². The zero-order valence-electron chi connectivity index (χ0n) is 19.8. The molecule has 0 N–H and O–H groups in total. The Morgan fingerprint density at radius 1 is 0.871 bits per heavy atom. The van der Waals surface area contributed by atoms with Gasteiger partial charge in [-0.05, 0) is 72.2 Å². The van der Waals surface area contributed by atoms with E-state index in [-0.39, 0.29) is 12.2 Å². The number of carbonyl (C=O) groups is 2. The van der Waals surface area contributed by atoms with Crippen LogP contribution in [0.1, 0.15) is 52.8 Å². The first-order chi connectivity index (χ1) is 14.3. The monoisotopic (exact) mass is 429 g/mol. The van der Waals surface area contributed by atoms with Gasteiger partial charge in [-0.2, -0.15) is 0 Å². The smallest absolute Gasteiger partial charge is 0.419 e. The van der Waals surface area contributed by atoms with Crippen molar-refractivity contribution >= 4 is 23.1 Å². The molecule has 2 aromatic rings. The van der Waals surface area contributed by atoms with Gasteiger partial charge in [0.2, 0.25) is 0 Å². The number of aryl methyl sites for hydroxylation is 1. The van der Waals surface area contributed by atoms with Crippen molar-refractivity contribution in [2.45, 2.75) is 66.2 Å². The molecule has 31 heavy (non-hydrogen) atoms. The molecule has 0 bridgehead atoms. The zero-order chi connectivity index (χ0) is 23.0. The average molecular weight is 430 g/mol. The van der Waals surface area contributed by atoms with Crippen LogP contribution < -0.4 is 0 Å². The lowest BCUT2D eigenvalue weighted by molar-refractivity contribution is 0.0139. The molecular weight excluding hydrogens is 394 g/mol. The van der Waals surface area contributed by atoms with E-state index < -0.39 is 11.2 Å². The molecule has 1 aromatic heterocycles. The number of ether oxygens (including phenoxy) is 2. The van der Waals surface area contributed by atoms with Gasteiger partial charge in [0.05, 0.1) is 5.52 Å². The van der Waals surface area contributed by atoms with Crippen molar-refractivity contribution in [3.05, 3.63) is 35.5 Å². The Morgan fingerprint density at radius 3 is 2.03 bits per heavy atom. The number of hydrogen-bond donors (Lipinski definition) is 0. The second-order valence-electron chi connectivity index (χ2n) is 10.2. The number of fused-ring (bicyclic) bond motifs is 1. The highest BCUT2D eigenvalue weighted by molar-refractivity contribution is 5.91. The van der Waals surface area contributed by atoms with E-state index in [1.165, 1.54) is 5.56 Å². The lowest BCUT2D eigenvalue weighted by atomic mass is 10.1. The summed E-state index contributed by atoms with van der Waals surface area (Å²) in [5.74, 6) is 0. The Bertz CT molecular complexity index is 958. The predicted octanol–water partition coefficient (Wildman–Crippen LogP) is 4.79. The van der Waals surface area contributed by atoms with Crippen LogP contribution in [0.2, 0.25) is 0 Å². The van der Waals surface area contributed by atoms with Crippen LogP contribution >= 0.6 is 0 Å². The maximum absolute atomic E-state index is 12.6. The first kappa shape index (κ1) is 23.1. The number of hydrogen-bond acceptors (Lipinski definition) is 5. The van der Waals surface area contributed by atoms with Crippen LogP contribution in [0.25, 0.3) is 10.9 Å². The van der Waals surface area contributed by atoms with E-state index in [4.69, 9.17) is 9.47 Å². The summed E-state index contributed by atoms with van der Waals surface area (Å²) in [6, 6.07) is 8.19. The number of piperazine rings is 1. The number of benzene rings is 1. The number of nitrogens with zero attached hydrogens (tertiary/aromatic N) is 3. The first-order valence-corrected chi connectivity index (χ1v) is 10.9. The minimum Gasteiger partial charge on any atom is -0.444 e. The van der Waals surface area contributed by atoms with Gasteiger partial charge in [-0.15, -0.1) is 0 Å². The molecule has 1 fully saturated rings. The summed E-state index contributed by atoms with van der Waals surface area (Å²) in [7, 11) is 0. The molecule has 0 saturated carbocycles. The highest BCUT2D eigenvalue weighted by Gasteiger charge is 2.26. The molecule has 1 aromatic carbocycles. The summed E-state index contributed by atoms with van der Waals surface area (Å²) in [4.78, 5) is 29.0. The first-order valence-electron chi connectivity index (χ1n) is 10.9. The second kappa shape index (κ2) is 8.54. The number of amides is 1. The summed E-state index contributed by atoms with van der Waals surface area (Å²) in [5.41, 5.74) is 1.87. The Labute approximate surface area is 184 Å². The molecule has 7 heteroatoms. The maximum Gasteiger partial charge on any atom is 0.419 e. The molecule has 7 nitrogen and oxygen atoms in total. The van der Waals surface area contributed by atoms with Crippen LogP contribution in [0.5, 0.6) is 0 Å². The molecule has 170 valence electrons. The van der Waals surface area contributed by atoms with Crippen LogP contribution in [-0.2, 0) is 16.0 Å². The van der Waals surface area contributed by atoms with E-state index in [0.29, 0.717) is 13.1 Å². The van der Waals surface area contributed by atoms with Gasteiger partial charge in [-0.1, -0.05) is 6.07 Å². The van der Waals surface area contributed by atoms with Crippen LogP contribution in [0, 0.1) is 6.92 Å². The van der Waals surface area contributed by atoms with Gasteiger partial charge in [-0.3, -0.25) is 4.90 Å². The largest absolute Gasteiger partial charge is 0.444 e. The molecule has 1 amide bonds. The van der Waals surface area contributed by atoms with Gasteiger partial charge < -0.3 is 14.4 Å². The summed E-state index contributed by atoms with van der Waals surface area (Å²) in [6.45, 7) is 16.9. The molecule has 1 aliphatic rings. The standard InChI is InChI=1S/C24H35N3O4/c1-17-14-19-15-18(8-9-20(19)27(17)22(29)31-24(5,6)7)16-25-10-12-26(13-11-25)21(28)30-23(2,3)4/h8-9,14-15H,10-13,16H2,1-7H3. The van der Waals surface area contributed by atoms with E-state index in [1.54, 1.807) is 9.47 Å². The molecule has 1 aliphatic heterocycles. The Hall–Kier alpha value is -2.54. The fraction of sp³-hybridized carbons (Fsp3) is 0.583. The SMILES string of the molecule is Cc1cc2cc(CN3CCN(C(=O)OC(C)(C)C)CC3)ccc2n1C(=O)OC(C)(C)C. The van der Waals surface area contributed by atoms with Crippen LogP contribution in [0.3, 0.4) is 0 Å². The highest BCUT2D eigenvalue weighted by atomic mass is 16.6. The van der Waals surface area contributed by atoms with E-state index in [2.05, 4.69) is 17.0 Å².